The van der Waals surface area contributed by atoms with Crippen molar-refractivity contribution in [2.75, 3.05) is 25.5 Å². The molecule has 3 aromatic rings. The number of rotatable bonds is 6. The molecule has 1 aliphatic rings. The number of benzene rings is 2. The second-order valence-corrected chi connectivity index (χ2v) is 7.97. The summed E-state index contributed by atoms with van der Waals surface area (Å²) < 4.78 is 5.88. The molecule has 6 nitrogen and oxygen atoms in total. The van der Waals surface area contributed by atoms with Gasteiger partial charge in [0.2, 0.25) is 0 Å². The molecule has 0 saturated carbocycles. The predicted octanol–water partition coefficient (Wildman–Crippen LogP) is 4.30. The number of ether oxygens (including phenoxy) is 1. The van der Waals surface area contributed by atoms with Gasteiger partial charge in [0, 0.05) is 30.5 Å². The van der Waals surface area contributed by atoms with Crippen molar-refractivity contribution in [2.45, 2.75) is 24.9 Å². The molecule has 2 atom stereocenters. The number of likely N-dealkylation sites (tertiary alicyclic amines) is 1. The number of likely N-dealkylation sites (N-methyl/N-ethyl adjacent to an activating group) is 1. The van der Waals surface area contributed by atoms with Crippen LogP contribution in [0.1, 0.15) is 35.6 Å². The van der Waals surface area contributed by atoms with Crippen LogP contribution in [0.3, 0.4) is 0 Å². The van der Waals surface area contributed by atoms with Crippen LogP contribution >= 0.6 is 0 Å². The smallest absolute Gasteiger partial charge is 0.127 e. The molecule has 0 spiro atoms. The number of nitriles is 1. The zero-order valence-electron chi connectivity index (χ0n) is 17.7. The topological polar surface area (TPSA) is 87.2 Å². The van der Waals surface area contributed by atoms with Gasteiger partial charge in [0.25, 0.3) is 0 Å². The van der Waals surface area contributed by atoms with Gasteiger partial charge >= 0.3 is 0 Å². The van der Waals surface area contributed by atoms with Crippen LogP contribution in [0.15, 0.2) is 67.0 Å². The Labute approximate surface area is 183 Å². The van der Waals surface area contributed by atoms with Crippen molar-refractivity contribution in [3.05, 3.63) is 83.7 Å². The first-order valence-electron chi connectivity index (χ1n) is 10.6. The van der Waals surface area contributed by atoms with Crippen molar-refractivity contribution in [2.24, 2.45) is 5.73 Å². The number of anilines is 1. The molecule has 1 saturated heterocycles. The third-order valence-corrected chi connectivity index (χ3v) is 5.62. The Hall–Kier alpha value is -3.40. The lowest BCUT2D eigenvalue weighted by Gasteiger charge is -2.32. The van der Waals surface area contributed by atoms with E-state index in [-0.39, 0.29) is 6.04 Å². The van der Waals surface area contributed by atoms with Gasteiger partial charge in [-0.3, -0.25) is 4.98 Å². The van der Waals surface area contributed by atoms with Gasteiger partial charge in [-0.1, -0.05) is 30.3 Å². The molecule has 4 rings (SSSR count). The van der Waals surface area contributed by atoms with Gasteiger partial charge < -0.3 is 20.7 Å². The molecule has 0 aliphatic carbocycles. The van der Waals surface area contributed by atoms with E-state index in [9.17, 15) is 5.26 Å². The summed E-state index contributed by atoms with van der Waals surface area (Å²) in [6.07, 6.45) is 5.56. The molecule has 158 valence electrons. The summed E-state index contributed by atoms with van der Waals surface area (Å²) in [5.41, 5.74) is 9.70. The zero-order chi connectivity index (χ0) is 21.6. The first-order valence-corrected chi connectivity index (χ1v) is 10.6. The molecular formula is C25H27N5O. The summed E-state index contributed by atoms with van der Waals surface area (Å²) in [6, 6.07) is 19.5. The average Bonchev–Trinajstić information content (AvgIpc) is 2.80. The highest BCUT2D eigenvalue weighted by molar-refractivity contribution is 5.64. The minimum absolute atomic E-state index is 0.279. The fourth-order valence-electron chi connectivity index (χ4n) is 3.99. The fourth-order valence-corrected chi connectivity index (χ4v) is 3.99. The van der Waals surface area contributed by atoms with Crippen LogP contribution in [0, 0.1) is 11.3 Å². The van der Waals surface area contributed by atoms with Crippen molar-refractivity contribution in [3.8, 4) is 17.6 Å². The third-order valence-electron chi connectivity index (χ3n) is 5.62. The summed E-state index contributed by atoms with van der Waals surface area (Å²) in [5.74, 6) is 1.53. The average molecular weight is 414 g/mol. The number of para-hydroxylation sites is 1. The van der Waals surface area contributed by atoms with Crippen molar-refractivity contribution in [1.82, 2.24) is 9.88 Å². The molecule has 2 aromatic carbocycles. The van der Waals surface area contributed by atoms with E-state index in [1.54, 1.807) is 12.4 Å². The maximum Gasteiger partial charge on any atom is 0.127 e. The normalized spacial score (nSPS) is 17.5. The molecule has 0 amide bonds. The second kappa shape index (κ2) is 9.61. The number of aromatic nitrogens is 1. The first kappa shape index (κ1) is 20.9. The lowest BCUT2D eigenvalue weighted by atomic mass is 9.96. The molecule has 1 aliphatic heterocycles. The minimum atomic E-state index is -0.407. The van der Waals surface area contributed by atoms with Crippen LogP contribution in [0.5, 0.6) is 11.5 Å². The largest absolute Gasteiger partial charge is 0.457 e. The van der Waals surface area contributed by atoms with E-state index >= 15 is 0 Å². The highest BCUT2D eigenvalue weighted by Crippen LogP contribution is 2.31. The molecule has 0 bridgehead atoms. The molecule has 0 radical (unpaired) electrons. The molecule has 2 unspecified atom stereocenters. The highest BCUT2D eigenvalue weighted by Gasteiger charge is 2.22. The maximum atomic E-state index is 9.66. The van der Waals surface area contributed by atoms with E-state index in [2.05, 4.69) is 28.3 Å². The van der Waals surface area contributed by atoms with E-state index in [1.165, 1.54) is 0 Å². The Bertz CT molecular complexity index is 1050. The van der Waals surface area contributed by atoms with Crippen LogP contribution in [-0.4, -0.2) is 36.1 Å². The molecular weight excluding hydrogens is 386 g/mol. The van der Waals surface area contributed by atoms with Crippen molar-refractivity contribution >= 4 is 5.69 Å². The minimum Gasteiger partial charge on any atom is -0.457 e. The number of pyridine rings is 1. The van der Waals surface area contributed by atoms with Crippen LogP contribution in [-0.2, 0) is 0 Å². The van der Waals surface area contributed by atoms with E-state index < -0.39 is 6.04 Å². The number of nitrogens with two attached hydrogens (primary N) is 1. The summed E-state index contributed by atoms with van der Waals surface area (Å²) in [7, 11) is 2.12. The Morgan fingerprint density at radius 2 is 1.87 bits per heavy atom. The van der Waals surface area contributed by atoms with Gasteiger partial charge in [-0.05, 0) is 56.3 Å². The predicted molar refractivity (Wildman–Crippen MR) is 122 cm³/mol. The van der Waals surface area contributed by atoms with E-state index in [0.29, 0.717) is 5.56 Å². The lowest BCUT2D eigenvalue weighted by Crippen LogP contribution is -2.40. The molecule has 6 heteroatoms. The van der Waals surface area contributed by atoms with Crippen molar-refractivity contribution < 1.29 is 4.74 Å². The first-order chi connectivity index (χ1) is 15.1. The number of nitrogens with one attached hydrogen (secondary N) is 1. The van der Waals surface area contributed by atoms with E-state index in [1.807, 2.05) is 54.6 Å². The molecule has 2 heterocycles. The lowest BCUT2D eigenvalue weighted by molar-refractivity contribution is 0.261. The quantitative estimate of drug-likeness (QED) is 0.626. The Morgan fingerprint density at radius 1 is 1.13 bits per heavy atom. The Kier molecular flexibility index (Phi) is 6.46. The van der Waals surface area contributed by atoms with E-state index in [0.717, 1.165) is 54.2 Å². The summed E-state index contributed by atoms with van der Waals surface area (Å²) in [4.78, 5) is 6.57. The maximum absolute atomic E-state index is 9.66. The van der Waals surface area contributed by atoms with Gasteiger partial charge in [-0.15, -0.1) is 0 Å². The van der Waals surface area contributed by atoms with Crippen LogP contribution in [0.4, 0.5) is 5.69 Å². The van der Waals surface area contributed by atoms with Crippen molar-refractivity contribution in [3.63, 3.8) is 0 Å². The second-order valence-electron chi connectivity index (χ2n) is 7.97. The van der Waals surface area contributed by atoms with Crippen molar-refractivity contribution in [1.29, 1.82) is 5.26 Å². The van der Waals surface area contributed by atoms with Gasteiger partial charge in [0.05, 0.1) is 17.3 Å². The number of hydrogen-bond donors (Lipinski definition) is 2. The number of nitrogens with zero attached hydrogens (tertiary/aromatic N) is 3. The third kappa shape index (κ3) is 5.02. The number of piperidine rings is 1. The van der Waals surface area contributed by atoms with Gasteiger partial charge in [-0.25, -0.2) is 0 Å². The highest BCUT2D eigenvalue weighted by atomic mass is 16.5. The zero-order valence-corrected chi connectivity index (χ0v) is 17.7. The summed E-state index contributed by atoms with van der Waals surface area (Å²) >= 11 is 0. The molecule has 1 fully saturated rings. The van der Waals surface area contributed by atoms with Gasteiger partial charge in [0.15, 0.2) is 0 Å². The SMILES string of the molecule is CN1CCCC(Nc2c(C#N)cncc2C(N)c2ccc(Oc3ccccc3)cc2)C1. The fraction of sp³-hybridized carbons (Fsp3) is 0.280. The number of hydrogen-bond acceptors (Lipinski definition) is 6. The van der Waals surface area contributed by atoms with Crippen LogP contribution < -0.4 is 15.8 Å². The molecule has 1 aromatic heterocycles. The van der Waals surface area contributed by atoms with Gasteiger partial charge in [-0.2, -0.15) is 5.26 Å². The molecule has 31 heavy (non-hydrogen) atoms. The molecule has 3 N–H and O–H groups in total. The Balaban J connectivity index is 1.56. The van der Waals surface area contributed by atoms with Gasteiger partial charge in [0.1, 0.15) is 17.6 Å². The van der Waals surface area contributed by atoms with Crippen LogP contribution in [0.25, 0.3) is 0 Å². The summed E-state index contributed by atoms with van der Waals surface area (Å²) in [6.45, 7) is 2.04. The van der Waals surface area contributed by atoms with E-state index in [4.69, 9.17) is 10.5 Å². The Morgan fingerprint density at radius 3 is 2.58 bits per heavy atom. The standard InChI is InChI=1S/C25H27N5O/c1-30-13-5-6-20(17-30)29-25-19(14-26)15-28-16-23(25)24(27)18-9-11-22(12-10-18)31-21-7-3-2-4-8-21/h2-4,7-12,15-16,20,24H,5-6,13,17,27H2,1H3,(H,28,29). The van der Waals surface area contributed by atoms with Crippen LogP contribution in [0.2, 0.25) is 0 Å². The monoisotopic (exact) mass is 413 g/mol. The summed E-state index contributed by atoms with van der Waals surface area (Å²) in [5, 5.41) is 13.2.